The number of aromatic nitrogens is 8. The first-order valence-corrected chi connectivity index (χ1v) is 17.9. The number of aryl methyl sites for hydroxylation is 2. The summed E-state index contributed by atoms with van der Waals surface area (Å²) in [7, 11) is 1.69. The monoisotopic (exact) mass is 728 g/mol. The lowest BCUT2D eigenvalue weighted by Crippen LogP contribution is -2.11. The van der Waals surface area contributed by atoms with Gasteiger partial charge in [0.2, 0.25) is 0 Å². The Morgan fingerprint density at radius 2 is 1.26 bits per heavy atom. The second-order valence-electron chi connectivity index (χ2n) is 12.7. The molecule has 0 spiro atoms. The van der Waals surface area contributed by atoms with Gasteiger partial charge in [-0.25, -0.2) is 18.7 Å². The van der Waals surface area contributed by atoms with Gasteiger partial charge in [-0.2, -0.15) is 10.2 Å². The van der Waals surface area contributed by atoms with Gasteiger partial charge in [0.15, 0.2) is 0 Å². The third-order valence-corrected chi connectivity index (χ3v) is 9.23. The smallest absolute Gasteiger partial charge is 0.148 e. The molecule has 0 saturated carbocycles. The molecule has 0 amide bonds. The predicted molar refractivity (Wildman–Crippen MR) is 207 cm³/mol. The molecule has 8 rings (SSSR count). The van der Waals surface area contributed by atoms with Crippen LogP contribution in [0, 0.1) is 11.6 Å². The molecule has 0 saturated heterocycles. The molecule has 0 aliphatic carbocycles. The number of benzene rings is 2. The van der Waals surface area contributed by atoms with E-state index in [-0.39, 0.29) is 17.7 Å². The van der Waals surface area contributed by atoms with E-state index >= 15 is 0 Å². The molecule has 1 atom stereocenters. The average Bonchev–Trinajstić information content (AvgIpc) is 4.01. The third-order valence-electron chi connectivity index (χ3n) is 9.23. The number of nitrogens with one attached hydrogen (secondary N) is 4. The second kappa shape index (κ2) is 16.6. The zero-order valence-corrected chi connectivity index (χ0v) is 30.4. The minimum Gasteiger partial charge on any atom is -0.370 e. The lowest BCUT2D eigenvalue weighted by molar-refractivity contribution is 0.129. The number of pyridine rings is 2. The first-order chi connectivity index (χ1) is 26.4. The van der Waals surface area contributed by atoms with Crippen LogP contribution in [0.3, 0.4) is 0 Å². The maximum atomic E-state index is 13.1. The van der Waals surface area contributed by atoms with Gasteiger partial charge in [0.05, 0.1) is 5.69 Å². The van der Waals surface area contributed by atoms with Crippen LogP contribution in [0.4, 0.5) is 20.4 Å². The molecular formula is C41H42F2N10O. The number of nitrogens with zero attached hydrogens (tertiary/aromatic N) is 6. The summed E-state index contributed by atoms with van der Waals surface area (Å²) in [4.78, 5) is 15.1. The Morgan fingerprint density at radius 1 is 0.704 bits per heavy atom. The van der Waals surface area contributed by atoms with E-state index in [0.29, 0.717) is 19.6 Å². The number of fused-ring (bicyclic) bond motifs is 2. The van der Waals surface area contributed by atoms with Crippen LogP contribution in [0.15, 0.2) is 110 Å². The molecule has 0 bridgehead atoms. The molecule has 54 heavy (non-hydrogen) atoms. The molecule has 11 nitrogen and oxygen atoms in total. The van der Waals surface area contributed by atoms with Gasteiger partial charge in [0.25, 0.3) is 0 Å². The van der Waals surface area contributed by atoms with Gasteiger partial charge in [-0.1, -0.05) is 24.3 Å². The van der Waals surface area contributed by atoms with E-state index in [4.69, 9.17) is 4.74 Å². The molecular weight excluding hydrogens is 687 g/mol. The number of H-pyrrole nitrogens is 2. The fraction of sp³-hybridized carbons (Fsp3) is 0.220. The van der Waals surface area contributed by atoms with Crippen LogP contribution < -0.4 is 10.6 Å². The van der Waals surface area contributed by atoms with Crippen LogP contribution in [-0.2, 0) is 37.3 Å². The van der Waals surface area contributed by atoms with Crippen molar-refractivity contribution in [2.24, 2.45) is 0 Å². The Labute approximate surface area is 311 Å². The van der Waals surface area contributed by atoms with E-state index in [0.717, 1.165) is 74.7 Å². The SMILES string of the molecule is CCn1nc(NCc2ccc(F)cc2)cc1C(OC)c1c[nH]c2ncccc12.CCn1nc(NCc2ccc(F)cc2)cc1Cc1c[nH]c2ncccc12. The number of aromatic amines is 2. The highest BCUT2D eigenvalue weighted by molar-refractivity contribution is 5.81. The van der Waals surface area contributed by atoms with E-state index in [2.05, 4.69) is 59.8 Å². The van der Waals surface area contributed by atoms with Crippen LogP contribution in [0.2, 0.25) is 0 Å². The predicted octanol–water partition coefficient (Wildman–Crippen LogP) is 8.39. The molecule has 2 aromatic carbocycles. The van der Waals surface area contributed by atoms with Crippen molar-refractivity contribution in [2.45, 2.75) is 52.6 Å². The molecule has 4 N–H and O–H groups in total. The van der Waals surface area contributed by atoms with Gasteiger partial charge >= 0.3 is 0 Å². The topological polar surface area (TPSA) is 126 Å². The second-order valence-corrected chi connectivity index (χ2v) is 12.7. The maximum absolute atomic E-state index is 13.1. The fourth-order valence-corrected chi connectivity index (χ4v) is 6.48. The number of hydrogen-bond donors (Lipinski definition) is 4. The zero-order chi connectivity index (χ0) is 37.4. The van der Waals surface area contributed by atoms with Crippen molar-refractivity contribution >= 4 is 33.7 Å². The van der Waals surface area contributed by atoms with Crippen molar-refractivity contribution in [3.05, 3.63) is 155 Å². The van der Waals surface area contributed by atoms with Gasteiger partial charge in [-0.3, -0.25) is 9.36 Å². The summed E-state index contributed by atoms with van der Waals surface area (Å²) in [5, 5.41) is 18.1. The molecule has 0 aliphatic heterocycles. The fourth-order valence-electron chi connectivity index (χ4n) is 6.48. The highest BCUT2D eigenvalue weighted by Gasteiger charge is 2.23. The van der Waals surface area contributed by atoms with Crippen molar-refractivity contribution in [2.75, 3.05) is 17.7 Å². The Kier molecular flexibility index (Phi) is 11.0. The van der Waals surface area contributed by atoms with Gasteiger partial charge in [0.1, 0.15) is 40.7 Å². The van der Waals surface area contributed by atoms with Crippen molar-refractivity contribution in [1.82, 2.24) is 39.5 Å². The molecule has 1 unspecified atom stereocenters. The van der Waals surface area contributed by atoms with Gasteiger partial charge < -0.3 is 25.3 Å². The summed E-state index contributed by atoms with van der Waals surface area (Å²) in [6.07, 6.45) is 8.01. The van der Waals surface area contributed by atoms with Crippen molar-refractivity contribution in [3.63, 3.8) is 0 Å². The summed E-state index contributed by atoms with van der Waals surface area (Å²) in [5.74, 6) is 1.11. The quantitative estimate of drug-likeness (QED) is 0.0940. The maximum Gasteiger partial charge on any atom is 0.148 e. The lowest BCUT2D eigenvalue weighted by atomic mass is 10.1. The molecule has 13 heteroatoms. The number of hydrogen-bond acceptors (Lipinski definition) is 7. The standard InChI is InChI=1S/C21H22FN5O.C20H20FN5/c1-3-27-18(11-19(26-27)24-12-14-6-8-15(22)9-7-14)20(28-2)17-13-25-21-16(17)5-4-10-23-21;1-2-26-17(10-15-13-24-20-18(15)4-3-9-22-20)11-19(25-26)23-12-14-5-7-16(21)8-6-14/h4-11,13,20H,3,12H2,1-2H3,(H,23,25)(H,24,26);3-9,11,13H,2,10,12H2,1H3,(H,22,24)(H,23,25). The summed E-state index contributed by atoms with van der Waals surface area (Å²) < 4.78 is 35.8. The van der Waals surface area contributed by atoms with E-state index in [1.165, 1.54) is 29.8 Å². The number of methoxy groups -OCH3 is 1. The number of halogens is 2. The van der Waals surface area contributed by atoms with Crippen LogP contribution in [0.1, 0.15) is 53.6 Å². The molecule has 6 aromatic heterocycles. The molecule has 6 heterocycles. The van der Waals surface area contributed by atoms with Gasteiger partial charge in [-0.15, -0.1) is 0 Å². The first-order valence-electron chi connectivity index (χ1n) is 17.9. The van der Waals surface area contributed by atoms with Crippen molar-refractivity contribution in [1.29, 1.82) is 0 Å². The molecule has 8 aromatic rings. The largest absolute Gasteiger partial charge is 0.370 e. The minimum absolute atomic E-state index is 0.223. The van der Waals surface area contributed by atoms with Crippen LogP contribution in [0.5, 0.6) is 0 Å². The van der Waals surface area contributed by atoms with Crippen molar-refractivity contribution < 1.29 is 13.5 Å². The lowest BCUT2D eigenvalue weighted by Gasteiger charge is -2.16. The average molecular weight is 729 g/mol. The first kappa shape index (κ1) is 36.0. The van der Waals surface area contributed by atoms with Crippen LogP contribution >= 0.6 is 0 Å². The highest BCUT2D eigenvalue weighted by Crippen LogP contribution is 2.32. The number of rotatable bonds is 13. The zero-order valence-electron chi connectivity index (χ0n) is 30.4. The van der Waals surface area contributed by atoms with Gasteiger partial charge in [0, 0.05) is 98.7 Å². The molecule has 0 aliphatic rings. The Morgan fingerprint density at radius 3 is 1.87 bits per heavy atom. The van der Waals surface area contributed by atoms with Crippen LogP contribution in [0.25, 0.3) is 22.1 Å². The van der Waals surface area contributed by atoms with Crippen molar-refractivity contribution in [3.8, 4) is 0 Å². The number of ether oxygens (including phenoxy) is 1. The van der Waals surface area contributed by atoms with E-state index in [9.17, 15) is 8.78 Å². The molecule has 0 radical (unpaired) electrons. The number of anilines is 2. The minimum atomic E-state index is -0.272. The summed E-state index contributed by atoms with van der Waals surface area (Å²) in [6.45, 7) is 6.82. The van der Waals surface area contributed by atoms with E-state index in [1.54, 1.807) is 43.8 Å². The highest BCUT2D eigenvalue weighted by atomic mass is 19.1. The van der Waals surface area contributed by atoms with Gasteiger partial charge in [-0.05, 0) is 79.1 Å². The molecule has 276 valence electrons. The Hall–Kier alpha value is -6.34. The normalized spacial score (nSPS) is 11.8. The molecule has 0 fully saturated rings. The Balaban J connectivity index is 0.000000167. The van der Waals surface area contributed by atoms with Crippen LogP contribution in [-0.4, -0.2) is 46.6 Å². The van der Waals surface area contributed by atoms with E-state index < -0.39 is 0 Å². The third kappa shape index (κ3) is 8.16. The Bertz CT molecular complexity index is 2430. The summed E-state index contributed by atoms with van der Waals surface area (Å²) in [6, 6.07) is 25.0. The summed E-state index contributed by atoms with van der Waals surface area (Å²) >= 11 is 0. The summed E-state index contributed by atoms with van der Waals surface area (Å²) in [5.41, 5.74) is 8.05. The van der Waals surface area contributed by atoms with E-state index in [1.807, 2.05) is 52.9 Å².